The summed E-state index contributed by atoms with van der Waals surface area (Å²) < 4.78 is 43.0. The van der Waals surface area contributed by atoms with Crippen LogP contribution in [0.15, 0.2) is 59.6 Å². The summed E-state index contributed by atoms with van der Waals surface area (Å²) in [6.45, 7) is 0.748. The number of sulfonamides is 1. The number of piperidine rings is 1. The fraction of sp³-hybridized carbons (Fsp3) is 0.318. The number of hydrogen-bond acceptors (Lipinski definition) is 3. The third-order valence-corrected chi connectivity index (χ3v) is 7.47. The van der Waals surface area contributed by atoms with Crippen LogP contribution in [0.4, 0.5) is 4.39 Å². The molecule has 1 aliphatic heterocycles. The van der Waals surface area contributed by atoms with Crippen molar-refractivity contribution in [3.8, 4) is 0 Å². The largest absolute Gasteiger partial charge is 0.352 e. The summed E-state index contributed by atoms with van der Waals surface area (Å²) in [5.41, 5.74) is 1.63. The van der Waals surface area contributed by atoms with Gasteiger partial charge >= 0.3 is 0 Å². The molecule has 0 saturated carbocycles. The van der Waals surface area contributed by atoms with Crippen molar-refractivity contribution in [2.24, 2.45) is 13.0 Å². The van der Waals surface area contributed by atoms with Crippen LogP contribution in [0.2, 0.25) is 0 Å². The van der Waals surface area contributed by atoms with Gasteiger partial charge in [0.05, 0.1) is 10.8 Å². The highest BCUT2D eigenvalue weighted by molar-refractivity contribution is 7.89. The van der Waals surface area contributed by atoms with Crippen LogP contribution in [-0.4, -0.2) is 36.3 Å². The van der Waals surface area contributed by atoms with Crippen molar-refractivity contribution in [3.63, 3.8) is 0 Å². The van der Waals surface area contributed by atoms with Crippen LogP contribution in [0.5, 0.6) is 0 Å². The number of carbonyl (C=O) groups is 1. The Morgan fingerprint density at radius 3 is 2.83 bits per heavy atom. The fourth-order valence-corrected chi connectivity index (χ4v) is 5.48. The molecule has 0 bridgehead atoms. The van der Waals surface area contributed by atoms with E-state index in [1.165, 1.54) is 16.4 Å². The van der Waals surface area contributed by atoms with Crippen molar-refractivity contribution in [2.75, 3.05) is 13.1 Å². The number of carbonyl (C=O) groups excluding carboxylic acids is 1. The lowest BCUT2D eigenvalue weighted by molar-refractivity contribution is -0.126. The minimum absolute atomic E-state index is 0.143. The molecule has 1 amide bonds. The van der Waals surface area contributed by atoms with E-state index < -0.39 is 15.9 Å². The summed E-state index contributed by atoms with van der Waals surface area (Å²) in [6.07, 6.45) is 3.13. The van der Waals surface area contributed by atoms with E-state index in [9.17, 15) is 17.6 Å². The smallest absolute Gasteiger partial charge is 0.243 e. The van der Waals surface area contributed by atoms with Gasteiger partial charge < -0.3 is 9.88 Å². The van der Waals surface area contributed by atoms with Gasteiger partial charge in [0.15, 0.2) is 0 Å². The number of amides is 1. The third-order valence-electron chi connectivity index (χ3n) is 5.61. The van der Waals surface area contributed by atoms with Gasteiger partial charge in [0.1, 0.15) is 5.82 Å². The number of benzene rings is 2. The lowest BCUT2D eigenvalue weighted by atomic mass is 9.99. The van der Waals surface area contributed by atoms with Crippen LogP contribution in [0.1, 0.15) is 18.4 Å². The average Bonchev–Trinajstić information content (AvgIpc) is 3.12. The molecular formula is C22H24FN3O3S. The Hall–Kier alpha value is -2.71. The van der Waals surface area contributed by atoms with Crippen molar-refractivity contribution in [1.82, 2.24) is 14.2 Å². The number of hydrogen-bond donors (Lipinski definition) is 1. The van der Waals surface area contributed by atoms with Gasteiger partial charge in [-0.15, -0.1) is 0 Å². The second-order valence-corrected chi connectivity index (χ2v) is 9.64. The minimum atomic E-state index is -3.69. The monoisotopic (exact) mass is 429 g/mol. The second kappa shape index (κ2) is 8.20. The number of nitrogens with one attached hydrogen (secondary N) is 1. The van der Waals surface area contributed by atoms with Crippen molar-refractivity contribution < 1.29 is 17.6 Å². The van der Waals surface area contributed by atoms with Gasteiger partial charge in [-0.05, 0) is 54.8 Å². The van der Waals surface area contributed by atoms with E-state index in [-0.39, 0.29) is 29.7 Å². The van der Waals surface area contributed by atoms with E-state index in [2.05, 4.69) is 5.32 Å². The van der Waals surface area contributed by atoms with Crippen LogP contribution >= 0.6 is 0 Å². The van der Waals surface area contributed by atoms with E-state index in [4.69, 9.17) is 0 Å². The first-order valence-corrected chi connectivity index (χ1v) is 11.4. The zero-order chi connectivity index (χ0) is 21.3. The molecule has 8 heteroatoms. The molecular weight excluding hydrogens is 405 g/mol. The summed E-state index contributed by atoms with van der Waals surface area (Å²) in [7, 11) is -1.78. The van der Waals surface area contributed by atoms with Crippen LogP contribution in [-0.2, 0) is 28.4 Å². The van der Waals surface area contributed by atoms with Crippen LogP contribution < -0.4 is 5.32 Å². The average molecular weight is 430 g/mol. The predicted octanol–water partition coefficient (Wildman–Crippen LogP) is 3.03. The van der Waals surface area contributed by atoms with Crippen LogP contribution in [0.3, 0.4) is 0 Å². The normalized spacial score (nSPS) is 17.9. The molecule has 4 rings (SSSR count). The number of aryl methyl sites for hydroxylation is 1. The molecule has 158 valence electrons. The highest BCUT2D eigenvalue weighted by Crippen LogP contribution is 2.26. The molecule has 1 saturated heterocycles. The Kier molecular flexibility index (Phi) is 5.62. The van der Waals surface area contributed by atoms with Gasteiger partial charge in [-0.25, -0.2) is 12.8 Å². The summed E-state index contributed by atoms with van der Waals surface area (Å²) in [5.74, 6) is -0.993. The Morgan fingerprint density at radius 2 is 2.03 bits per heavy atom. The topological polar surface area (TPSA) is 71.4 Å². The fourth-order valence-electron chi connectivity index (χ4n) is 3.92. The molecule has 3 aromatic rings. The molecule has 1 aliphatic rings. The summed E-state index contributed by atoms with van der Waals surface area (Å²) in [5, 5.41) is 3.67. The second-order valence-electron chi connectivity index (χ2n) is 7.70. The maximum absolute atomic E-state index is 13.3. The first-order valence-electron chi connectivity index (χ1n) is 9.92. The molecule has 1 aromatic heterocycles. The molecule has 0 unspecified atom stereocenters. The SMILES string of the molecule is Cn1ccc2cc(S(=O)(=O)N3CCC[C@H](C(=O)NCc4cccc(F)c4)C3)ccc21. The summed E-state index contributed by atoms with van der Waals surface area (Å²) in [6, 6.07) is 13.0. The lowest BCUT2D eigenvalue weighted by Crippen LogP contribution is -2.45. The van der Waals surface area contributed by atoms with Crippen molar-refractivity contribution in [2.45, 2.75) is 24.3 Å². The molecule has 6 nitrogen and oxygen atoms in total. The zero-order valence-corrected chi connectivity index (χ0v) is 17.5. The highest BCUT2D eigenvalue weighted by Gasteiger charge is 2.33. The number of aromatic nitrogens is 1. The standard InChI is InChI=1S/C22H24FN3O3S/c1-25-11-9-17-13-20(7-8-21(17)25)30(28,29)26-10-3-5-18(15-26)22(27)24-14-16-4-2-6-19(23)12-16/h2,4,6-9,11-13,18H,3,5,10,14-15H2,1H3,(H,24,27)/t18-/m0/s1. The Labute approximate surface area is 175 Å². The van der Waals surface area contributed by atoms with Crippen LogP contribution in [0, 0.1) is 11.7 Å². The number of rotatable bonds is 5. The molecule has 1 N–H and O–H groups in total. The third kappa shape index (κ3) is 4.11. The quantitative estimate of drug-likeness (QED) is 0.678. The first kappa shape index (κ1) is 20.6. The Morgan fingerprint density at radius 1 is 1.20 bits per heavy atom. The Balaban J connectivity index is 1.46. The van der Waals surface area contributed by atoms with Gasteiger partial charge in [-0.3, -0.25) is 4.79 Å². The molecule has 1 fully saturated rings. The maximum atomic E-state index is 13.3. The van der Waals surface area contributed by atoms with E-state index >= 15 is 0 Å². The van der Waals surface area contributed by atoms with Gasteiger partial charge in [0.25, 0.3) is 0 Å². The van der Waals surface area contributed by atoms with Crippen molar-refractivity contribution >= 4 is 26.8 Å². The Bertz CT molecular complexity index is 1190. The van der Waals surface area contributed by atoms with E-state index in [0.29, 0.717) is 24.9 Å². The predicted molar refractivity (Wildman–Crippen MR) is 113 cm³/mol. The minimum Gasteiger partial charge on any atom is -0.352 e. The van der Waals surface area contributed by atoms with Crippen LogP contribution in [0.25, 0.3) is 10.9 Å². The van der Waals surface area contributed by atoms with Gasteiger partial charge in [-0.2, -0.15) is 4.31 Å². The lowest BCUT2D eigenvalue weighted by Gasteiger charge is -2.31. The number of halogens is 1. The van der Waals surface area contributed by atoms with E-state index in [0.717, 1.165) is 10.9 Å². The van der Waals surface area contributed by atoms with Crippen molar-refractivity contribution in [3.05, 3.63) is 66.1 Å². The first-order chi connectivity index (χ1) is 14.3. The molecule has 0 aliphatic carbocycles. The molecule has 0 spiro atoms. The summed E-state index contributed by atoms with van der Waals surface area (Å²) >= 11 is 0. The molecule has 0 radical (unpaired) electrons. The van der Waals surface area contributed by atoms with Gasteiger partial charge in [-0.1, -0.05) is 12.1 Å². The highest BCUT2D eigenvalue weighted by atomic mass is 32.2. The number of fused-ring (bicyclic) bond motifs is 1. The summed E-state index contributed by atoms with van der Waals surface area (Å²) in [4.78, 5) is 12.9. The molecule has 1 atom stereocenters. The molecule has 2 heterocycles. The molecule has 30 heavy (non-hydrogen) atoms. The molecule has 2 aromatic carbocycles. The van der Waals surface area contributed by atoms with Gasteiger partial charge in [0.2, 0.25) is 15.9 Å². The maximum Gasteiger partial charge on any atom is 0.243 e. The van der Waals surface area contributed by atoms with Crippen molar-refractivity contribution in [1.29, 1.82) is 0 Å². The van der Waals surface area contributed by atoms with Gasteiger partial charge in [0, 0.05) is 43.8 Å². The van der Waals surface area contributed by atoms with E-state index in [1.807, 2.05) is 23.9 Å². The zero-order valence-electron chi connectivity index (χ0n) is 16.7. The van der Waals surface area contributed by atoms with E-state index in [1.54, 1.807) is 30.3 Å². The number of nitrogens with zero attached hydrogens (tertiary/aromatic N) is 2.